The summed E-state index contributed by atoms with van der Waals surface area (Å²) in [6, 6.07) is 1.27. The maximum atomic E-state index is 9.76. The average Bonchev–Trinajstić information content (AvgIpc) is 2.38. The lowest BCUT2D eigenvalue weighted by molar-refractivity contribution is -0.121. The van der Waals surface area contributed by atoms with Gasteiger partial charge in [-0.3, -0.25) is 9.59 Å². The van der Waals surface area contributed by atoms with Gasteiger partial charge in [-0.05, 0) is 0 Å². The Morgan fingerprint density at radius 3 is 2.73 bits per heavy atom. The zero-order valence-electron chi connectivity index (χ0n) is 5.31. The van der Waals surface area contributed by atoms with Crippen molar-refractivity contribution < 1.29 is 19.1 Å². The molecule has 0 aliphatic heterocycles. The summed E-state index contributed by atoms with van der Waals surface area (Å²) < 4.78 is 8.65. The van der Waals surface area contributed by atoms with Crippen molar-refractivity contribution in [3.63, 3.8) is 0 Å². The number of hydrogen-bond donors (Lipinski definition) is 1. The molecule has 0 bridgehead atoms. The fourth-order valence-electron chi connectivity index (χ4n) is 0.509. The van der Waals surface area contributed by atoms with Gasteiger partial charge in [-0.15, -0.1) is 5.10 Å². The van der Waals surface area contributed by atoms with Crippen molar-refractivity contribution in [2.75, 3.05) is 0 Å². The van der Waals surface area contributed by atoms with Crippen LogP contribution in [0.1, 0.15) is 0 Å². The van der Waals surface area contributed by atoms with Crippen molar-refractivity contribution in [2.45, 2.75) is 0 Å². The first kappa shape index (κ1) is 7.26. The van der Waals surface area contributed by atoms with Gasteiger partial charge in [0.2, 0.25) is 11.8 Å². The molecule has 0 fully saturated rings. The molecule has 1 aromatic rings. The van der Waals surface area contributed by atoms with Crippen LogP contribution in [0, 0.1) is 0 Å². The number of nitrogens with zero attached hydrogens (tertiary/aromatic N) is 1. The molecule has 0 saturated carbocycles. The van der Waals surface area contributed by atoms with E-state index in [-0.39, 0.29) is 24.7 Å². The Balaban J connectivity index is 2.64. The van der Waals surface area contributed by atoms with E-state index < -0.39 is 0 Å². The maximum absolute atomic E-state index is 9.76. The predicted molar refractivity (Wildman–Crippen MR) is 32.0 cm³/mol. The Morgan fingerprint density at radius 2 is 2.09 bits per heavy atom. The number of ether oxygens (including phenoxy) is 2. The van der Waals surface area contributed by atoms with Crippen molar-refractivity contribution in [2.24, 2.45) is 0 Å². The number of carbonyl (C=O) groups is 2. The van der Waals surface area contributed by atoms with Gasteiger partial charge in [0.1, 0.15) is 0 Å². The van der Waals surface area contributed by atoms with Crippen LogP contribution in [0.2, 0.25) is 0 Å². The van der Waals surface area contributed by atoms with Crippen LogP contribution >= 0.6 is 0 Å². The summed E-state index contributed by atoms with van der Waals surface area (Å²) in [6.45, 7) is 0.457. The molecule has 6 nitrogen and oxygen atoms in total. The first-order valence-corrected chi connectivity index (χ1v) is 2.63. The highest BCUT2D eigenvalue weighted by Gasteiger charge is 2.00. The van der Waals surface area contributed by atoms with Gasteiger partial charge in [0.15, 0.2) is 0 Å². The minimum absolute atomic E-state index is 0.0526. The number of aromatic nitrogens is 2. The minimum atomic E-state index is 0.0526. The average molecular weight is 156 g/mol. The lowest BCUT2D eigenvalue weighted by Crippen LogP contribution is -1.87. The molecule has 1 heterocycles. The van der Waals surface area contributed by atoms with E-state index in [2.05, 4.69) is 19.7 Å². The minimum Gasteiger partial charge on any atom is -0.410 e. The molecule has 6 heteroatoms. The zero-order chi connectivity index (χ0) is 8.10. The van der Waals surface area contributed by atoms with Gasteiger partial charge in [0.05, 0.1) is 6.07 Å². The molecule has 11 heavy (non-hydrogen) atoms. The number of nitrogens with one attached hydrogen (secondary N) is 1. The molecule has 1 aromatic heterocycles. The summed E-state index contributed by atoms with van der Waals surface area (Å²) in [5.41, 5.74) is 0. The predicted octanol–water partition coefficient (Wildman–Crippen LogP) is -0.520. The van der Waals surface area contributed by atoms with Crippen molar-refractivity contribution in [3.8, 4) is 11.8 Å². The van der Waals surface area contributed by atoms with E-state index in [4.69, 9.17) is 0 Å². The summed E-state index contributed by atoms with van der Waals surface area (Å²) in [7, 11) is 0. The van der Waals surface area contributed by atoms with Crippen LogP contribution in [0.4, 0.5) is 0 Å². The zero-order valence-corrected chi connectivity index (χ0v) is 5.31. The second kappa shape index (κ2) is 3.35. The van der Waals surface area contributed by atoms with E-state index in [1.807, 2.05) is 0 Å². The van der Waals surface area contributed by atoms with Gasteiger partial charge in [-0.1, -0.05) is 0 Å². The molecule has 0 radical (unpaired) electrons. The van der Waals surface area contributed by atoms with Crippen molar-refractivity contribution >= 4 is 12.9 Å². The van der Waals surface area contributed by atoms with Crippen molar-refractivity contribution in [1.29, 1.82) is 0 Å². The van der Waals surface area contributed by atoms with Crippen LogP contribution in [0.15, 0.2) is 6.07 Å². The number of carbonyl (C=O) groups excluding carboxylic acids is 2. The third-order valence-electron chi connectivity index (χ3n) is 0.875. The van der Waals surface area contributed by atoms with Crippen LogP contribution < -0.4 is 9.47 Å². The largest absolute Gasteiger partial charge is 0.410 e. The Hall–Kier alpha value is -1.85. The van der Waals surface area contributed by atoms with Crippen LogP contribution in [0.25, 0.3) is 0 Å². The summed E-state index contributed by atoms with van der Waals surface area (Å²) in [6.07, 6.45) is 0. The maximum Gasteiger partial charge on any atom is 0.299 e. The summed E-state index contributed by atoms with van der Waals surface area (Å²) >= 11 is 0. The smallest absolute Gasteiger partial charge is 0.299 e. The van der Waals surface area contributed by atoms with Crippen molar-refractivity contribution in [3.05, 3.63) is 6.07 Å². The number of hydrogen-bond acceptors (Lipinski definition) is 5. The van der Waals surface area contributed by atoms with Crippen LogP contribution in [0.5, 0.6) is 11.8 Å². The van der Waals surface area contributed by atoms with Gasteiger partial charge in [-0.25, -0.2) is 5.10 Å². The topological polar surface area (TPSA) is 81.3 Å². The Morgan fingerprint density at radius 1 is 1.36 bits per heavy atom. The third kappa shape index (κ3) is 1.78. The van der Waals surface area contributed by atoms with Crippen molar-refractivity contribution in [1.82, 2.24) is 10.2 Å². The van der Waals surface area contributed by atoms with Crippen LogP contribution in [-0.4, -0.2) is 23.1 Å². The molecule has 0 atom stereocenters. The van der Waals surface area contributed by atoms with Gasteiger partial charge >= 0.3 is 0 Å². The highest BCUT2D eigenvalue weighted by Crippen LogP contribution is 2.12. The highest BCUT2D eigenvalue weighted by molar-refractivity contribution is 5.46. The lowest BCUT2D eigenvalue weighted by Gasteiger charge is -1.85. The molecule has 0 spiro atoms. The first-order valence-electron chi connectivity index (χ1n) is 2.63. The van der Waals surface area contributed by atoms with Gasteiger partial charge in [0, 0.05) is 0 Å². The van der Waals surface area contributed by atoms with Crippen LogP contribution in [-0.2, 0) is 9.59 Å². The van der Waals surface area contributed by atoms with E-state index in [9.17, 15) is 9.59 Å². The van der Waals surface area contributed by atoms with E-state index in [1.165, 1.54) is 6.07 Å². The third-order valence-corrected chi connectivity index (χ3v) is 0.875. The molecule has 1 rings (SSSR count). The highest BCUT2D eigenvalue weighted by atomic mass is 16.5. The lowest BCUT2D eigenvalue weighted by atomic mass is 10.7. The van der Waals surface area contributed by atoms with E-state index in [1.54, 1.807) is 0 Å². The number of aromatic amines is 1. The van der Waals surface area contributed by atoms with Gasteiger partial charge in [0.25, 0.3) is 12.9 Å². The normalized spacial score (nSPS) is 8.73. The Bertz CT molecular complexity index is 232. The molecule has 0 amide bonds. The van der Waals surface area contributed by atoms with E-state index in [0.717, 1.165) is 0 Å². The molecule has 0 unspecified atom stereocenters. The molecule has 0 aliphatic carbocycles. The molecule has 58 valence electrons. The fraction of sp³-hybridized carbons (Fsp3) is 0. The number of rotatable bonds is 4. The molecule has 0 aromatic carbocycles. The van der Waals surface area contributed by atoms with Gasteiger partial charge < -0.3 is 9.47 Å². The van der Waals surface area contributed by atoms with E-state index >= 15 is 0 Å². The Kier molecular flexibility index (Phi) is 2.21. The monoisotopic (exact) mass is 156 g/mol. The summed E-state index contributed by atoms with van der Waals surface area (Å²) in [5.74, 6) is 0.175. The summed E-state index contributed by atoms with van der Waals surface area (Å²) in [4.78, 5) is 19.5. The second-order valence-corrected chi connectivity index (χ2v) is 1.50. The first-order chi connectivity index (χ1) is 5.36. The van der Waals surface area contributed by atoms with Crippen LogP contribution in [0.3, 0.4) is 0 Å². The Labute approximate surface area is 61.1 Å². The SMILES string of the molecule is O=COc1cc(OC=O)[nH]n1. The standard InChI is InChI=1S/C5H4N2O4/c8-2-10-4-1-5(7-6-4)11-3-9/h1-3H,(H,6,7). The molecule has 0 saturated heterocycles. The molecular formula is C5H4N2O4. The summed E-state index contributed by atoms with van der Waals surface area (Å²) in [5, 5.41) is 5.77. The molecular weight excluding hydrogens is 152 g/mol. The fourth-order valence-corrected chi connectivity index (χ4v) is 0.509. The quantitative estimate of drug-likeness (QED) is 0.593. The second-order valence-electron chi connectivity index (χ2n) is 1.50. The molecule has 1 N–H and O–H groups in total. The molecule has 0 aliphatic rings. The van der Waals surface area contributed by atoms with Gasteiger partial charge in [-0.2, -0.15) is 0 Å². The number of H-pyrrole nitrogens is 1. The van der Waals surface area contributed by atoms with E-state index in [0.29, 0.717) is 0 Å².